The SMILES string of the molecule is O=C1NC(=O)C(C2CCCO2)N1. The summed E-state index contributed by atoms with van der Waals surface area (Å²) in [6.45, 7) is 0.685. The van der Waals surface area contributed by atoms with Crippen LogP contribution in [0.3, 0.4) is 0 Å². The minimum Gasteiger partial charge on any atom is -0.376 e. The van der Waals surface area contributed by atoms with Crippen LogP contribution in [0.1, 0.15) is 12.8 Å². The average molecular weight is 170 g/mol. The van der Waals surface area contributed by atoms with E-state index in [1.807, 2.05) is 0 Å². The molecule has 2 fully saturated rings. The second kappa shape index (κ2) is 2.75. The molecule has 3 amide bonds. The number of carbonyl (C=O) groups excluding carboxylic acids is 2. The number of urea groups is 1. The molecule has 2 N–H and O–H groups in total. The lowest BCUT2D eigenvalue weighted by Crippen LogP contribution is -2.40. The summed E-state index contributed by atoms with van der Waals surface area (Å²) in [5.74, 6) is -0.271. The van der Waals surface area contributed by atoms with Gasteiger partial charge in [0.2, 0.25) is 0 Å². The van der Waals surface area contributed by atoms with Crippen molar-refractivity contribution in [3.63, 3.8) is 0 Å². The molecule has 2 atom stereocenters. The van der Waals surface area contributed by atoms with Gasteiger partial charge >= 0.3 is 6.03 Å². The van der Waals surface area contributed by atoms with Gasteiger partial charge in [-0.1, -0.05) is 0 Å². The zero-order chi connectivity index (χ0) is 8.55. The fourth-order valence-electron chi connectivity index (χ4n) is 1.56. The molecule has 5 nitrogen and oxygen atoms in total. The van der Waals surface area contributed by atoms with Crippen LogP contribution in [0.25, 0.3) is 0 Å². The Morgan fingerprint density at radius 1 is 1.42 bits per heavy atom. The van der Waals surface area contributed by atoms with Gasteiger partial charge in [-0.15, -0.1) is 0 Å². The molecule has 0 aromatic rings. The Balaban J connectivity index is 2.03. The third-order valence-corrected chi connectivity index (χ3v) is 2.14. The largest absolute Gasteiger partial charge is 0.376 e. The smallest absolute Gasteiger partial charge is 0.322 e. The summed E-state index contributed by atoms with van der Waals surface area (Å²) in [4.78, 5) is 21.8. The van der Waals surface area contributed by atoms with Crippen LogP contribution >= 0.6 is 0 Å². The minimum absolute atomic E-state index is 0.128. The normalized spacial score (nSPS) is 35.0. The Bertz CT molecular complexity index is 223. The molecule has 0 bridgehead atoms. The minimum atomic E-state index is -0.472. The number of nitrogens with one attached hydrogen (secondary N) is 2. The lowest BCUT2D eigenvalue weighted by atomic mass is 10.1. The Labute approximate surface area is 69.5 Å². The first-order valence-electron chi connectivity index (χ1n) is 4.00. The van der Waals surface area contributed by atoms with Crippen molar-refractivity contribution in [2.45, 2.75) is 25.0 Å². The van der Waals surface area contributed by atoms with E-state index in [1.54, 1.807) is 0 Å². The van der Waals surface area contributed by atoms with Crippen molar-refractivity contribution in [1.82, 2.24) is 10.6 Å². The summed E-state index contributed by atoms with van der Waals surface area (Å²) in [6, 6.07) is -0.888. The molecule has 2 rings (SSSR count). The Morgan fingerprint density at radius 3 is 2.75 bits per heavy atom. The molecule has 0 aliphatic carbocycles. The van der Waals surface area contributed by atoms with E-state index in [0.717, 1.165) is 12.8 Å². The second-order valence-corrected chi connectivity index (χ2v) is 2.99. The van der Waals surface area contributed by atoms with E-state index in [9.17, 15) is 9.59 Å². The van der Waals surface area contributed by atoms with E-state index >= 15 is 0 Å². The van der Waals surface area contributed by atoms with Crippen LogP contribution in [0.5, 0.6) is 0 Å². The van der Waals surface area contributed by atoms with Crippen LogP contribution in [-0.2, 0) is 9.53 Å². The maximum absolute atomic E-state index is 11.1. The maximum atomic E-state index is 11.1. The number of amides is 3. The van der Waals surface area contributed by atoms with Crippen LogP contribution in [0.4, 0.5) is 4.79 Å². The summed E-state index contributed by atoms with van der Waals surface area (Å²) in [6.07, 6.45) is 1.68. The number of imide groups is 1. The van der Waals surface area contributed by atoms with Crippen molar-refractivity contribution >= 4 is 11.9 Å². The molecular formula is C7H10N2O3. The second-order valence-electron chi connectivity index (χ2n) is 2.99. The summed E-state index contributed by atoms with van der Waals surface area (Å²) in [7, 11) is 0. The molecule has 2 saturated heterocycles. The van der Waals surface area contributed by atoms with Crippen molar-refractivity contribution in [3.05, 3.63) is 0 Å². The molecule has 2 aliphatic rings. The van der Waals surface area contributed by atoms with Crippen molar-refractivity contribution in [2.75, 3.05) is 6.61 Å². The van der Waals surface area contributed by atoms with Gasteiger partial charge in [0.25, 0.3) is 5.91 Å². The van der Waals surface area contributed by atoms with Gasteiger partial charge in [-0.25, -0.2) is 4.79 Å². The molecule has 0 spiro atoms. The Morgan fingerprint density at radius 2 is 2.25 bits per heavy atom. The van der Waals surface area contributed by atoms with Gasteiger partial charge in [0.1, 0.15) is 6.04 Å². The average Bonchev–Trinajstić information content (AvgIpc) is 2.58. The Hall–Kier alpha value is -1.10. The Kier molecular flexibility index (Phi) is 1.73. The standard InChI is InChI=1S/C7H10N2O3/c10-6-5(8-7(11)9-6)4-2-1-3-12-4/h4-5H,1-3H2,(H2,8,9,10,11). The molecule has 0 aromatic carbocycles. The molecule has 12 heavy (non-hydrogen) atoms. The first kappa shape index (κ1) is 7.54. The maximum Gasteiger partial charge on any atom is 0.322 e. The van der Waals surface area contributed by atoms with Gasteiger partial charge in [0.15, 0.2) is 0 Å². The van der Waals surface area contributed by atoms with Crippen molar-refractivity contribution in [3.8, 4) is 0 Å². The lowest BCUT2D eigenvalue weighted by molar-refractivity contribution is -0.122. The highest BCUT2D eigenvalue weighted by Gasteiger charge is 2.38. The third-order valence-electron chi connectivity index (χ3n) is 2.14. The molecule has 0 saturated carbocycles. The van der Waals surface area contributed by atoms with Crippen molar-refractivity contribution < 1.29 is 14.3 Å². The van der Waals surface area contributed by atoms with E-state index in [1.165, 1.54) is 0 Å². The van der Waals surface area contributed by atoms with E-state index in [4.69, 9.17) is 4.74 Å². The summed E-state index contributed by atoms with van der Waals surface area (Å²) >= 11 is 0. The molecule has 66 valence electrons. The number of hydrogen-bond donors (Lipinski definition) is 2. The zero-order valence-corrected chi connectivity index (χ0v) is 6.50. The topological polar surface area (TPSA) is 67.4 Å². The van der Waals surface area contributed by atoms with Gasteiger partial charge in [0, 0.05) is 6.61 Å². The molecular weight excluding hydrogens is 160 g/mol. The van der Waals surface area contributed by atoms with Gasteiger partial charge in [-0.05, 0) is 12.8 Å². The van der Waals surface area contributed by atoms with Crippen LogP contribution in [0.15, 0.2) is 0 Å². The van der Waals surface area contributed by atoms with E-state index < -0.39 is 12.1 Å². The predicted octanol–water partition coefficient (Wildman–Crippen LogP) is -0.627. The van der Waals surface area contributed by atoms with Gasteiger partial charge in [0.05, 0.1) is 6.10 Å². The predicted molar refractivity (Wildman–Crippen MR) is 39.4 cm³/mol. The number of ether oxygens (including phenoxy) is 1. The number of hydrogen-bond acceptors (Lipinski definition) is 3. The highest BCUT2D eigenvalue weighted by atomic mass is 16.5. The number of carbonyl (C=O) groups is 2. The quantitative estimate of drug-likeness (QED) is 0.515. The fraction of sp³-hybridized carbons (Fsp3) is 0.714. The van der Waals surface area contributed by atoms with Gasteiger partial charge in [-0.2, -0.15) is 0 Å². The highest BCUT2D eigenvalue weighted by molar-refractivity contribution is 6.04. The van der Waals surface area contributed by atoms with E-state index in [2.05, 4.69) is 10.6 Å². The zero-order valence-electron chi connectivity index (χ0n) is 6.50. The monoisotopic (exact) mass is 170 g/mol. The highest BCUT2D eigenvalue weighted by Crippen LogP contribution is 2.17. The first-order chi connectivity index (χ1) is 5.77. The van der Waals surface area contributed by atoms with E-state index in [-0.39, 0.29) is 12.0 Å². The van der Waals surface area contributed by atoms with Crippen LogP contribution < -0.4 is 10.6 Å². The van der Waals surface area contributed by atoms with Crippen molar-refractivity contribution in [1.29, 1.82) is 0 Å². The van der Waals surface area contributed by atoms with Crippen molar-refractivity contribution in [2.24, 2.45) is 0 Å². The molecule has 2 aliphatic heterocycles. The molecule has 2 heterocycles. The summed E-state index contributed by atoms with van der Waals surface area (Å²) < 4.78 is 5.28. The third kappa shape index (κ3) is 1.16. The van der Waals surface area contributed by atoms with Crippen LogP contribution in [-0.4, -0.2) is 30.7 Å². The molecule has 5 heteroatoms. The summed E-state index contributed by atoms with van der Waals surface area (Å²) in [5.41, 5.74) is 0. The van der Waals surface area contributed by atoms with Crippen LogP contribution in [0.2, 0.25) is 0 Å². The lowest BCUT2D eigenvalue weighted by Gasteiger charge is -2.13. The molecule has 2 unspecified atom stereocenters. The molecule has 0 aromatic heterocycles. The van der Waals surface area contributed by atoms with Gasteiger partial charge in [-0.3, -0.25) is 10.1 Å². The van der Waals surface area contributed by atoms with Crippen LogP contribution in [0, 0.1) is 0 Å². The fourth-order valence-corrected chi connectivity index (χ4v) is 1.56. The van der Waals surface area contributed by atoms with Gasteiger partial charge < -0.3 is 10.1 Å². The number of rotatable bonds is 1. The van der Waals surface area contributed by atoms with E-state index in [0.29, 0.717) is 6.61 Å². The summed E-state index contributed by atoms with van der Waals surface area (Å²) in [5, 5.41) is 4.70. The molecule has 0 radical (unpaired) electrons. The first-order valence-corrected chi connectivity index (χ1v) is 4.00.